The Labute approximate surface area is 182 Å². The van der Waals surface area contributed by atoms with Crippen molar-refractivity contribution in [1.82, 2.24) is 0 Å². The molecule has 0 aliphatic heterocycles. The van der Waals surface area contributed by atoms with Crippen molar-refractivity contribution in [2.24, 2.45) is 0 Å². The predicted octanol–water partition coefficient (Wildman–Crippen LogP) is 3.67. The number of aliphatic hydroxyl groups is 3. The van der Waals surface area contributed by atoms with E-state index in [0.29, 0.717) is 30.2 Å². The highest BCUT2D eigenvalue weighted by Crippen LogP contribution is 2.17. The highest BCUT2D eigenvalue weighted by Gasteiger charge is 2.12. The standard InChI is InChI=1S/C23H29ClO6/c24-18-9-7-11-20(17-18)30-16-15-19(25)10-5-3-1-2-4-6-12-21(26)22(27)13-8-14-23(28)29/h1-7,9-12,17,19,21-22,25-27H,8,13-16H2,(H,28,29)/b3-1+,4-2+,10-5+,12-6+/t19-,21+,22+/m1/s1. The van der Waals surface area contributed by atoms with E-state index in [1.807, 2.05) is 0 Å². The number of carboxylic acids is 1. The first kappa shape index (κ1) is 25.7. The van der Waals surface area contributed by atoms with Gasteiger partial charge in [0.15, 0.2) is 0 Å². The van der Waals surface area contributed by atoms with Crippen molar-refractivity contribution < 1.29 is 30.0 Å². The molecule has 0 bridgehead atoms. The molecule has 0 saturated carbocycles. The normalized spacial score (nSPS) is 15.3. The third-order valence-electron chi connectivity index (χ3n) is 3.96. The van der Waals surface area contributed by atoms with Crippen molar-refractivity contribution >= 4 is 17.6 Å². The highest BCUT2D eigenvalue weighted by molar-refractivity contribution is 6.30. The topological polar surface area (TPSA) is 107 Å². The summed E-state index contributed by atoms with van der Waals surface area (Å²) in [5.41, 5.74) is 0. The average molecular weight is 437 g/mol. The molecule has 0 fully saturated rings. The summed E-state index contributed by atoms with van der Waals surface area (Å²) in [5.74, 6) is -0.260. The summed E-state index contributed by atoms with van der Waals surface area (Å²) in [5, 5.41) is 38.5. The summed E-state index contributed by atoms with van der Waals surface area (Å²) < 4.78 is 5.52. The molecule has 1 rings (SSSR count). The monoisotopic (exact) mass is 436 g/mol. The molecule has 4 N–H and O–H groups in total. The predicted molar refractivity (Wildman–Crippen MR) is 118 cm³/mol. The highest BCUT2D eigenvalue weighted by atomic mass is 35.5. The van der Waals surface area contributed by atoms with Crippen molar-refractivity contribution in [1.29, 1.82) is 0 Å². The second-order valence-electron chi connectivity index (χ2n) is 6.55. The van der Waals surface area contributed by atoms with Gasteiger partial charge in [-0.25, -0.2) is 0 Å². The molecular weight excluding hydrogens is 408 g/mol. The third-order valence-corrected chi connectivity index (χ3v) is 4.20. The summed E-state index contributed by atoms with van der Waals surface area (Å²) in [7, 11) is 0. The summed E-state index contributed by atoms with van der Waals surface area (Å²) in [6.07, 6.45) is 11.6. The molecule has 30 heavy (non-hydrogen) atoms. The minimum atomic E-state index is -1.04. The van der Waals surface area contributed by atoms with Crippen molar-refractivity contribution in [3.8, 4) is 5.75 Å². The molecule has 0 aliphatic carbocycles. The molecule has 0 aromatic heterocycles. The van der Waals surface area contributed by atoms with Crippen LogP contribution in [0.15, 0.2) is 72.9 Å². The number of carboxylic acid groups (broad SMARTS) is 1. The van der Waals surface area contributed by atoms with Crippen LogP contribution < -0.4 is 4.74 Å². The number of rotatable bonds is 14. The number of aliphatic carboxylic acids is 1. The smallest absolute Gasteiger partial charge is 0.303 e. The number of ether oxygens (including phenoxy) is 1. The molecule has 1 aromatic carbocycles. The number of aliphatic hydroxyl groups excluding tert-OH is 3. The fourth-order valence-corrected chi connectivity index (χ4v) is 2.52. The lowest BCUT2D eigenvalue weighted by Crippen LogP contribution is -2.23. The lowest BCUT2D eigenvalue weighted by atomic mass is 10.1. The van der Waals surface area contributed by atoms with Gasteiger partial charge in [-0.1, -0.05) is 66.3 Å². The molecule has 0 radical (unpaired) electrons. The molecule has 1 aromatic rings. The van der Waals surface area contributed by atoms with Crippen LogP contribution >= 0.6 is 11.6 Å². The molecule has 0 saturated heterocycles. The van der Waals surface area contributed by atoms with Crippen LogP contribution in [0.2, 0.25) is 5.02 Å². The maximum atomic E-state index is 10.4. The molecule has 7 heteroatoms. The van der Waals surface area contributed by atoms with Crippen LogP contribution in [0.1, 0.15) is 25.7 Å². The van der Waals surface area contributed by atoms with Crippen LogP contribution in [-0.4, -0.2) is 51.3 Å². The number of halogens is 1. The van der Waals surface area contributed by atoms with Gasteiger partial charge in [0.2, 0.25) is 0 Å². The summed E-state index contributed by atoms with van der Waals surface area (Å²) in [4.78, 5) is 10.4. The zero-order valence-electron chi connectivity index (χ0n) is 16.7. The van der Waals surface area contributed by atoms with Crippen molar-refractivity contribution in [3.63, 3.8) is 0 Å². The molecule has 0 spiro atoms. The van der Waals surface area contributed by atoms with Gasteiger partial charge in [-0.2, -0.15) is 0 Å². The molecule has 6 nitrogen and oxygen atoms in total. The van der Waals surface area contributed by atoms with Gasteiger partial charge in [-0.15, -0.1) is 0 Å². The van der Waals surface area contributed by atoms with E-state index in [2.05, 4.69) is 0 Å². The molecule has 0 aliphatic rings. The van der Waals surface area contributed by atoms with E-state index < -0.39 is 24.3 Å². The Balaban J connectivity index is 2.21. The van der Waals surface area contributed by atoms with E-state index in [4.69, 9.17) is 21.4 Å². The molecule has 164 valence electrons. The zero-order valence-corrected chi connectivity index (χ0v) is 17.4. The number of benzene rings is 1. The van der Waals surface area contributed by atoms with Crippen LogP contribution in [0.25, 0.3) is 0 Å². The summed E-state index contributed by atoms with van der Waals surface area (Å²) in [6, 6.07) is 7.08. The van der Waals surface area contributed by atoms with Crippen molar-refractivity contribution in [2.75, 3.05) is 6.61 Å². The SMILES string of the molecule is O=C(O)CCC[C@H](O)[C@@H](O)/C=C/C=C/C=C/C=C/[C@@H](O)CCOc1cccc(Cl)c1. The van der Waals surface area contributed by atoms with E-state index in [-0.39, 0.29) is 12.8 Å². The van der Waals surface area contributed by atoms with Crippen LogP contribution in [0.4, 0.5) is 0 Å². The fourth-order valence-electron chi connectivity index (χ4n) is 2.34. The fraction of sp³-hybridized carbons (Fsp3) is 0.348. The Hall–Kier alpha value is -2.38. The second kappa shape index (κ2) is 15.5. The first-order valence-electron chi connectivity index (χ1n) is 9.71. The van der Waals surface area contributed by atoms with Crippen LogP contribution in [-0.2, 0) is 4.79 Å². The maximum absolute atomic E-state index is 10.4. The van der Waals surface area contributed by atoms with Gasteiger partial charge in [0, 0.05) is 17.9 Å². The Morgan fingerprint density at radius 1 is 1.00 bits per heavy atom. The number of hydrogen-bond donors (Lipinski definition) is 4. The first-order chi connectivity index (χ1) is 14.4. The Morgan fingerprint density at radius 2 is 1.67 bits per heavy atom. The van der Waals surface area contributed by atoms with Gasteiger partial charge in [0.1, 0.15) is 5.75 Å². The minimum absolute atomic E-state index is 0.0324. The Morgan fingerprint density at radius 3 is 2.33 bits per heavy atom. The summed E-state index contributed by atoms with van der Waals surface area (Å²) >= 11 is 5.87. The first-order valence-corrected chi connectivity index (χ1v) is 10.1. The number of hydrogen-bond acceptors (Lipinski definition) is 5. The molecular formula is C23H29ClO6. The van der Waals surface area contributed by atoms with Gasteiger partial charge in [-0.05, 0) is 31.0 Å². The lowest BCUT2D eigenvalue weighted by Gasteiger charge is -2.13. The second-order valence-corrected chi connectivity index (χ2v) is 6.98. The van der Waals surface area contributed by atoms with Crippen LogP contribution in [0, 0.1) is 0 Å². The van der Waals surface area contributed by atoms with E-state index in [1.165, 1.54) is 6.08 Å². The van der Waals surface area contributed by atoms with Crippen LogP contribution in [0.5, 0.6) is 5.75 Å². The van der Waals surface area contributed by atoms with Crippen molar-refractivity contribution in [3.05, 3.63) is 77.9 Å². The lowest BCUT2D eigenvalue weighted by molar-refractivity contribution is -0.137. The Bertz CT molecular complexity index is 741. The van der Waals surface area contributed by atoms with E-state index in [1.54, 1.807) is 66.8 Å². The number of allylic oxidation sites excluding steroid dienone is 6. The molecule has 0 unspecified atom stereocenters. The zero-order chi connectivity index (χ0) is 22.2. The Kier molecular flexibility index (Phi) is 13.2. The van der Waals surface area contributed by atoms with E-state index >= 15 is 0 Å². The van der Waals surface area contributed by atoms with Gasteiger partial charge >= 0.3 is 5.97 Å². The molecule has 3 atom stereocenters. The molecule has 0 amide bonds. The van der Waals surface area contributed by atoms with E-state index in [9.17, 15) is 20.1 Å². The van der Waals surface area contributed by atoms with Crippen LogP contribution in [0.3, 0.4) is 0 Å². The van der Waals surface area contributed by atoms with Gasteiger partial charge in [-0.3, -0.25) is 4.79 Å². The van der Waals surface area contributed by atoms with Gasteiger partial charge < -0.3 is 25.2 Å². The maximum Gasteiger partial charge on any atom is 0.303 e. The number of carbonyl (C=O) groups is 1. The van der Waals surface area contributed by atoms with Gasteiger partial charge in [0.05, 0.1) is 24.9 Å². The largest absolute Gasteiger partial charge is 0.493 e. The minimum Gasteiger partial charge on any atom is -0.493 e. The third kappa shape index (κ3) is 13.0. The molecule has 0 heterocycles. The van der Waals surface area contributed by atoms with Gasteiger partial charge in [0.25, 0.3) is 0 Å². The summed E-state index contributed by atoms with van der Waals surface area (Å²) in [6.45, 7) is 0.366. The quantitative estimate of drug-likeness (QED) is 0.331. The van der Waals surface area contributed by atoms with Crippen molar-refractivity contribution in [2.45, 2.75) is 44.0 Å². The average Bonchev–Trinajstić information content (AvgIpc) is 2.69. The van der Waals surface area contributed by atoms with E-state index in [0.717, 1.165) is 0 Å².